The maximum atomic E-state index is 13.2. The number of fused-ring (bicyclic) bond motifs is 1. The minimum Gasteiger partial charge on any atom is -0.316 e. The number of halogens is 2. The van der Waals surface area contributed by atoms with Gasteiger partial charge >= 0.3 is 0 Å². The van der Waals surface area contributed by atoms with E-state index in [1.165, 1.54) is 6.07 Å². The van der Waals surface area contributed by atoms with Crippen LogP contribution in [0.4, 0.5) is 10.1 Å². The van der Waals surface area contributed by atoms with Crippen molar-refractivity contribution in [1.82, 2.24) is 5.32 Å². The molecule has 1 saturated heterocycles. The molecule has 104 valence electrons. The number of benzene rings is 1. The number of aryl methyl sites for hydroxylation is 1. The van der Waals surface area contributed by atoms with E-state index in [-0.39, 0.29) is 30.0 Å². The Kier molecular flexibility index (Phi) is 4.42. The lowest BCUT2D eigenvalue weighted by atomic mass is 9.99. The molecule has 5 heteroatoms. The van der Waals surface area contributed by atoms with E-state index in [2.05, 4.69) is 5.32 Å². The summed E-state index contributed by atoms with van der Waals surface area (Å²) in [6, 6.07) is 4.74. The van der Waals surface area contributed by atoms with Gasteiger partial charge in [-0.3, -0.25) is 4.79 Å². The fourth-order valence-electron chi connectivity index (χ4n) is 2.88. The van der Waals surface area contributed by atoms with Gasteiger partial charge < -0.3 is 10.2 Å². The second kappa shape index (κ2) is 5.88. The van der Waals surface area contributed by atoms with E-state index in [9.17, 15) is 9.18 Å². The number of carbonyl (C=O) groups excluding carboxylic acids is 1. The van der Waals surface area contributed by atoms with Crippen LogP contribution in [0.15, 0.2) is 18.2 Å². The standard InChI is InChI=1S/C14H17FN2O.ClH/c15-12-3-4-13-10(8-12)2-1-7-17(13)14(18)11-5-6-16-9-11;/h3-4,8,11,16H,1-2,5-7,9H2;1H. The van der Waals surface area contributed by atoms with E-state index in [0.717, 1.165) is 50.1 Å². The van der Waals surface area contributed by atoms with Gasteiger partial charge in [0.15, 0.2) is 0 Å². The Morgan fingerprint density at radius 3 is 3.00 bits per heavy atom. The van der Waals surface area contributed by atoms with Crippen LogP contribution in [0.1, 0.15) is 18.4 Å². The molecule has 0 aliphatic carbocycles. The summed E-state index contributed by atoms with van der Waals surface area (Å²) in [6.07, 6.45) is 2.69. The highest BCUT2D eigenvalue weighted by atomic mass is 35.5. The summed E-state index contributed by atoms with van der Waals surface area (Å²) in [4.78, 5) is 14.3. The molecule has 3 nitrogen and oxygen atoms in total. The van der Waals surface area contributed by atoms with Gasteiger partial charge in [-0.2, -0.15) is 0 Å². The van der Waals surface area contributed by atoms with Gasteiger partial charge in [0.1, 0.15) is 5.82 Å². The molecule has 19 heavy (non-hydrogen) atoms. The molecular weight excluding hydrogens is 267 g/mol. The summed E-state index contributed by atoms with van der Waals surface area (Å²) in [7, 11) is 0. The van der Waals surface area contributed by atoms with Crippen LogP contribution in [0.5, 0.6) is 0 Å². The van der Waals surface area contributed by atoms with Gasteiger partial charge in [-0.15, -0.1) is 12.4 Å². The number of nitrogens with one attached hydrogen (secondary N) is 1. The van der Waals surface area contributed by atoms with E-state index in [0.29, 0.717) is 0 Å². The predicted octanol–water partition coefficient (Wildman–Crippen LogP) is 2.14. The van der Waals surface area contributed by atoms with Gasteiger partial charge in [0.05, 0.1) is 5.92 Å². The van der Waals surface area contributed by atoms with Gasteiger partial charge in [0.25, 0.3) is 0 Å². The molecule has 2 heterocycles. The Hall–Kier alpha value is -1.13. The van der Waals surface area contributed by atoms with Crippen molar-refractivity contribution in [3.63, 3.8) is 0 Å². The third kappa shape index (κ3) is 2.74. The Morgan fingerprint density at radius 1 is 1.42 bits per heavy atom. The summed E-state index contributed by atoms with van der Waals surface area (Å²) in [5.74, 6) is 0.0548. The summed E-state index contributed by atoms with van der Waals surface area (Å²) >= 11 is 0. The van der Waals surface area contributed by atoms with Crippen molar-refractivity contribution < 1.29 is 9.18 Å². The average molecular weight is 285 g/mol. The molecule has 0 radical (unpaired) electrons. The Balaban J connectivity index is 0.00000133. The Morgan fingerprint density at radius 2 is 2.26 bits per heavy atom. The third-order valence-corrected chi connectivity index (χ3v) is 3.84. The number of amides is 1. The van der Waals surface area contributed by atoms with Gasteiger partial charge in [0, 0.05) is 18.8 Å². The van der Waals surface area contributed by atoms with E-state index in [1.54, 1.807) is 12.1 Å². The van der Waals surface area contributed by atoms with Gasteiger partial charge in [0.2, 0.25) is 5.91 Å². The number of anilines is 1. The normalized spacial score (nSPS) is 21.7. The van der Waals surface area contributed by atoms with Crippen LogP contribution in [0.25, 0.3) is 0 Å². The lowest BCUT2D eigenvalue weighted by Crippen LogP contribution is -2.40. The van der Waals surface area contributed by atoms with Crippen molar-refractivity contribution in [1.29, 1.82) is 0 Å². The number of hydrogen-bond acceptors (Lipinski definition) is 2. The van der Waals surface area contributed by atoms with Crippen LogP contribution < -0.4 is 10.2 Å². The molecule has 2 aliphatic rings. The van der Waals surface area contributed by atoms with E-state index < -0.39 is 0 Å². The average Bonchev–Trinajstić information content (AvgIpc) is 2.90. The molecule has 0 aromatic heterocycles. The summed E-state index contributed by atoms with van der Waals surface area (Å²) in [5, 5.41) is 3.22. The molecule has 0 spiro atoms. The molecule has 3 rings (SSSR count). The van der Waals surface area contributed by atoms with Gasteiger partial charge in [-0.1, -0.05) is 0 Å². The minimum atomic E-state index is -0.217. The molecular formula is C14H18ClFN2O. The zero-order valence-electron chi connectivity index (χ0n) is 10.7. The molecule has 1 N–H and O–H groups in total. The zero-order chi connectivity index (χ0) is 12.5. The molecule has 1 amide bonds. The first-order valence-corrected chi connectivity index (χ1v) is 6.56. The molecule has 1 unspecified atom stereocenters. The lowest BCUT2D eigenvalue weighted by Gasteiger charge is -2.31. The lowest BCUT2D eigenvalue weighted by molar-refractivity contribution is -0.121. The quantitative estimate of drug-likeness (QED) is 0.857. The molecule has 1 fully saturated rings. The number of hydrogen-bond donors (Lipinski definition) is 1. The number of nitrogens with zero attached hydrogens (tertiary/aromatic N) is 1. The molecule has 1 aromatic rings. The maximum absolute atomic E-state index is 13.2. The second-order valence-electron chi connectivity index (χ2n) is 5.06. The van der Waals surface area contributed by atoms with Crippen molar-refractivity contribution in [2.45, 2.75) is 19.3 Å². The van der Waals surface area contributed by atoms with Crippen molar-refractivity contribution >= 4 is 24.0 Å². The summed E-state index contributed by atoms with van der Waals surface area (Å²) in [5.41, 5.74) is 1.86. The minimum absolute atomic E-state index is 0. The fraction of sp³-hybridized carbons (Fsp3) is 0.500. The van der Waals surface area contributed by atoms with Crippen LogP contribution in [-0.2, 0) is 11.2 Å². The van der Waals surface area contributed by atoms with Gasteiger partial charge in [-0.25, -0.2) is 4.39 Å². The van der Waals surface area contributed by atoms with Crippen molar-refractivity contribution in [2.24, 2.45) is 5.92 Å². The van der Waals surface area contributed by atoms with Crippen LogP contribution in [0.2, 0.25) is 0 Å². The molecule has 2 aliphatic heterocycles. The first-order valence-electron chi connectivity index (χ1n) is 6.56. The van der Waals surface area contributed by atoms with Crippen LogP contribution in [0, 0.1) is 11.7 Å². The predicted molar refractivity (Wildman–Crippen MR) is 75.3 cm³/mol. The van der Waals surface area contributed by atoms with Crippen molar-refractivity contribution in [2.75, 3.05) is 24.5 Å². The fourth-order valence-corrected chi connectivity index (χ4v) is 2.88. The van der Waals surface area contributed by atoms with Crippen molar-refractivity contribution in [3.8, 4) is 0 Å². The van der Waals surface area contributed by atoms with Crippen molar-refractivity contribution in [3.05, 3.63) is 29.6 Å². The molecule has 1 atom stereocenters. The highest BCUT2D eigenvalue weighted by Crippen LogP contribution is 2.29. The van der Waals surface area contributed by atoms with Crippen LogP contribution in [-0.4, -0.2) is 25.5 Å². The largest absolute Gasteiger partial charge is 0.316 e. The van der Waals surface area contributed by atoms with E-state index >= 15 is 0 Å². The third-order valence-electron chi connectivity index (χ3n) is 3.84. The van der Waals surface area contributed by atoms with Crippen LogP contribution in [0.3, 0.4) is 0 Å². The van der Waals surface area contributed by atoms with Crippen LogP contribution >= 0.6 is 12.4 Å². The molecule has 1 aromatic carbocycles. The first-order chi connectivity index (χ1) is 8.75. The summed E-state index contributed by atoms with van der Waals surface area (Å²) in [6.45, 7) is 2.44. The molecule has 0 bridgehead atoms. The van der Waals surface area contributed by atoms with E-state index in [4.69, 9.17) is 0 Å². The highest BCUT2D eigenvalue weighted by molar-refractivity contribution is 5.96. The Labute approximate surface area is 118 Å². The van der Waals surface area contributed by atoms with E-state index in [1.807, 2.05) is 4.90 Å². The Bertz CT molecular complexity index is 475. The number of carbonyl (C=O) groups is 1. The first kappa shape index (κ1) is 14.3. The summed E-state index contributed by atoms with van der Waals surface area (Å²) < 4.78 is 13.2. The van der Waals surface area contributed by atoms with Gasteiger partial charge in [-0.05, 0) is 49.6 Å². The maximum Gasteiger partial charge on any atom is 0.231 e. The smallest absolute Gasteiger partial charge is 0.231 e. The highest BCUT2D eigenvalue weighted by Gasteiger charge is 2.30. The topological polar surface area (TPSA) is 32.3 Å². The number of rotatable bonds is 1. The monoisotopic (exact) mass is 284 g/mol. The SMILES string of the molecule is Cl.O=C(C1CCNC1)N1CCCc2cc(F)ccc21. The second-order valence-corrected chi connectivity index (χ2v) is 5.06. The zero-order valence-corrected chi connectivity index (χ0v) is 11.5. The molecule has 0 saturated carbocycles.